The van der Waals surface area contributed by atoms with Crippen molar-refractivity contribution in [1.29, 1.82) is 0 Å². The summed E-state index contributed by atoms with van der Waals surface area (Å²) in [6, 6.07) is 7.74. The number of carbonyl (C=O) groups is 1. The van der Waals surface area contributed by atoms with Crippen LogP contribution in [0.2, 0.25) is 0 Å². The number of aryl methyl sites for hydroxylation is 3. The Morgan fingerprint density at radius 2 is 1.90 bits per heavy atom. The van der Waals surface area contributed by atoms with Crippen LogP contribution in [0.5, 0.6) is 5.75 Å². The highest BCUT2D eigenvalue weighted by molar-refractivity contribution is 5.91. The zero-order chi connectivity index (χ0) is 15.4. The molecule has 0 radical (unpaired) electrons. The van der Waals surface area contributed by atoms with Crippen LogP contribution in [0.1, 0.15) is 22.3 Å². The van der Waals surface area contributed by atoms with Gasteiger partial charge in [0.15, 0.2) is 6.61 Å². The number of rotatable bonds is 4. The number of aromatic nitrogens is 1. The number of benzene rings is 1. The minimum atomic E-state index is -0.216. The van der Waals surface area contributed by atoms with E-state index in [9.17, 15) is 4.79 Å². The van der Waals surface area contributed by atoms with Gasteiger partial charge in [-0.2, -0.15) is 0 Å². The molecule has 0 saturated carbocycles. The molecule has 2 aromatic rings. The topological polar surface area (TPSA) is 51.2 Å². The maximum absolute atomic E-state index is 11.9. The highest BCUT2D eigenvalue weighted by atomic mass is 16.5. The van der Waals surface area contributed by atoms with Crippen molar-refractivity contribution in [2.45, 2.75) is 27.7 Å². The van der Waals surface area contributed by atoms with Gasteiger partial charge in [0, 0.05) is 6.20 Å². The summed E-state index contributed by atoms with van der Waals surface area (Å²) in [5.74, 6) is 1.08. The van der Waals surface area contributed by atoms with E-state index < -0.39 is 0 Å². The second-order valence-corrected chi connectivity index (χ2v) is 5.26. The first kappa shape index (κ1) is 15.0. The summed E-state index contributed by atoms with van der Waals surface area (Å²) >= 11 is 0. The quantitative estimate of drug-likeness (QED) is 0.937. The molecule has 1 aromatic carbocycles. The second kappa shape index (κ2) is 6.39. The van der Waals surface area contributed by atoms with Gasteiger partial charge in [-0.3, -0.25) is 4.79 Å². The summed E-state index contributed by atoms with van der Waals surface area (Å²) in [7, 11) is 0. The number of nitrogens with one attached hydrogen (secondary N) is 1. The fraction of sp³-hybridized carbons (Fsp3) is 0.294. The van der Waals surface area contributed by atoms with Gasteiger partial charge in [-0.1, -0.05) is 6.07 Å². The number of carbonyl (C=O) groups excluding carboxylic acids is 1. The lowest BCUT2D eigenvalue weighted by Gasteiger charge is -2.12. The average molecular weight is 284 g/mol. The summed E-state index contributed by atoms with van der Waals surface area (Å²) in [5, 5.41) is 2.73. The highest BCUT2D eigenvalue weighted by Gasteiger charge is 2.08. The molecule has 0 bridgehead atoms. The molecule has 0 fully saturated rings. The lowest BCUT2D eigenvalue weighted by atomic mass is 10.1. The summed E-state index contributed by atoms with van der Waals surface area (Å²) in [5.41, 5.74) is 4.38. The molecule has 2 rings (SSSR count). The number of pyridine rings is 1. The van der Waals surface area contributed by atoms with E-state index in [-0.39, 0.29) is 12.5 Å². The number of nitrogens with zero attached hydrogens (tertiary/aromatic N) is 1. The van der Waals surface area contributed by atoms with Crippen LogP contribution in [0, 0.1) is 27.7 Å². The zero-order valence-electron chi connectivity index (χ0n) is 12.9. The molecule has 4 heteroatoms. The van der Waals surface area contributed by atoms with Crippen molar-refractivity contribution in [2.75, 3.05) is 11.9 Å². The van der Waals surface area contributed by atoms with Crippen LogP contribution in [0.15, 0.2) is 30.5 Å². The van der Waals surface area contributed by atoms with E-state index in [0.717, 1.165) is 28.0 Å². The Morgan fingerprint density at radius 3 is 2.62 bits per heavy atom. The Bertz CT molecular complexity index is 666. The number of ether oxygens (including phenoxy) is 1. The molecule has 1 aromatic heterocycles. The first-order valence-electron chi connectivity index (χ1n) is 6.89. The van der Waals surface area contributed by atoms with Gasteiger partial charge in [-0.15, -0.1) is 0 Å². The van der Waals surface area contributed by atoms with E-state index in [1.54, 1.807) is 6.20 Å². The maximum Gasteiger partial charge on any atom is 0.263 e. The van der Waals surface area contributed by atoms with E-state index in [4.69, 9.17) is 4.74 Å². The van der Waals surface area contributed by atoms with Crippen molar-refractivity contribution < 1.29 is 9.53 Å². The van der Waals surface area contributed by atoms with Crippen LogP contribution < -0.4 is 10.1 Å². The third-order valence-electron chi connectivity index (χ3n) is 3.31. The first-order valence-corrected chi connectivity index (χ1v) is 6.89. The monoisotopic (exact) mass is 284 g/mol. The molecule has 4 nitrogen and oxygen atoms in total. The lowest BCUT2D eigenvalue weighted by molar-refractivity contribution is -0.118. The van der Waals surface area contributed by atoms with Crippen LogP contribution >= 0.6 is 0 Å². The van der Waals surface area contributed by atoms with Gasteiger partial charge in [-0.25, -0.2) is 4.98 Å². The maximum atomic E-state index is 11.9. The first-order chi connectivity index (χ1) is 9.95. The Balaban J connectivity index is 1.98. The molecular weight excluding hydrogens is 264 g/mol. The Morgan fingerprint density at radius 1 is 1.14 bits per heavy atom. The summed E-state index contributed by atoms with van der Waals surface area (Å²) in [4.78, 5) is 16.0. The van der Waals surface area contributed by atoms with Crippen LogP contribution in [0.25, 0.3) is 0 Å². The van der Waals surface area contributed by atoms with Crippen molar-refractivity contribution >= 4 is 11.7 Å². The van der Waals surface area contributed by atoms with Crippen molar-refractivity contribution in [2.24, 2.45) is 0 Å². The minimum absolute atomic E-state index is 0.0284. The predicted octanol–water partition coefficient (Wildman–Crippen LogP) is 3.33. The van der Waals surface area contributed by atoms with Gasteiger partial charge in [0.2, 0.25) is 0 Å². The Hall–Kier alpha value is -2.36. The molecule has 1 heterocycles. The smallest absolute Gasteiger partial charge is 0.263 e. The van der Waals surface area contributed by atoms with Gasteiger partial charge in [-0.05, 0) is 68.1 Å². The third-order valence-corrected chi connectivity index (χ3v) is 3.31. The minimum Gasteiger partial charge on any atom is -0.483 e. The molecule has 0 saturated heterocycles. The van der Waals surface area contributed by atoms with E-state index in [1.807, 2.05) is 45.9 Å². The summed E-state index contributed by atoms with van der Waals surface area (Å²) in [6.45, 7) is 7.96. The normalized spacial score (nSPS) is 10.3. The fourth-order valence-electron chi connectivity index (χ4n) is 2.08. The molecule has 21 heavy (non-hydrogen) atoms. The SMILES string of the molecule is Cc1ccnc(NC(=O)COc2cc(C)cc(C)c2C)c1. The average Bonchev–Trinajstić information content (AvgIpc) is 2.41. The second-order valence-electron chi connectivity index (χ2n) is 5.26. The van der Waals surface area contributed by atoms with Crippen molar-refractivity contribution in [3.63, 3.8) is 0 Å². The predicted molar refractivity (Wildman–Crippen MR) is 83.8 cm³/mol. The van der Waals surface area contributed by atoms with E-state index in [1.165, 1.54) is 0 Å². The van der Waals surface area contributed by atoms with Crippen LogP contribution in [-0.4, -0.2) is 17.5 Å². The number of anilines is 1. The van der Waals surface area contributed by atoms with E-state index in [2.05, 4.69) is 16.4 Å². The van der Waals surface area contributed by atoms with Crippen LogP contribution in [-0.2, 0) is 4.79 Å². The van der Waals surface area contributed by atoms with Gasteiger partial charge in [0.05, 0.1) is 0 Å². The number of amides is 1. The molecule has 0 aliphatic carbocycles. The largest absolute Gasteiger partial charge is 0.483 e. The Kier molecular flexibility index (Phi) is 4.58. The molecule has 0 aliphatic heterocycles. The van der Waals surface area contributed by atoms with Crippen molar-refractivity contribution in [3.05, 3.63) is 52.7 Å². The molecule has 0 spiro atoms. The molecule has 0 aliphatic rings. The van der Waals surface area contributed by atoms with Gasteiger partial charge in [0.1, 0.15) is 11.6 Å². The molecule has 0 atom stereocenters. The molecule has 1 N–H and O–H groups in total. The van der Waals surface area contributed by atoms with Crippen molar-refractivity contribution in [1.82, 2.24) is 4.98 Å². The molecule has 0 unspecified atom stereocenters. The summed E-state index contributed by atoms with van der Waals surface area (Å²) < 4.78 is 5.62. The van der Waals surface area contributed by atoms with Gasteiger partial charge < -0.3 is 10.1 Å². The summed E-state index contributed by atoms with van der Waals surface area (Å²) in [6.07, 6.45) is 1.67. The van der Waals surface area contributed by atoms with Gasteiger partial charge in [0.25, 0.3) is 5.91 Å². The third kappa shape index (κ3) is 4.05. The lowest BCUT2D eigenvalue weighted by Crippen LogP contribution is -2.21. The zero-order valence-corrected chi connectivity index (χ0v) is 12.9. The molecule has 1 amide bonds. The fourth-order valence-corrected chi connectivity index (χ4v) is 2.08. The number of hydrogen-bond acceptors (Lipinski definition) is 3. The van der Waals surface area contributed by atoms with Crippen LogP contribution in [0.3, 0.4) is 0 Å². The van der Waals surface area contributed by atoms with E-state index in [0.29, 0.717) is 5.82 Å². The van der Waals surface area contributed by atoms with E-state index >= 15 is 0 Å². The Labute approximate surface area is 125 Å². The molecular formula is C17H20N2O2. The number of hydrogen-bond donors (Lipinski definition) is 1. The van der Waals surface area contributed by atoms with Gasteiger partial charge >= 0.3 is 0 Å². The van der Waals surface area contributed by atoms with Crippen molar-refractivity contribution in [3.8, 4) is 5.75 Å². The highest BCUT2D eigenvalue weighted by Crippen LogP contribution is 2.23. The standard InChI is InChI=1S/C17H20N2O2/c1-11-5-6-18-16(9-11)19-17(20)10-21-15-8-12(2)7-13(3)14(15)4/h5-9H,10H2,1-4H3,(H,18,19,20). The van der Waals surface area contributed by atoms with Crippen LogP contribution in [0.4, 0.5) is 5.82 Å². The molecule has 110 valence electrons.